The number of benzene rings is 1. The first-order valence-corrected chi connectivity index (χ1v) is 11.4. The van der Waals surface area contributed by atoms with Gasteiger partial charge in [-0.05, 0) is 82.1 Å². The predicted molar refractivity (Wildman–Crippen MR) is 114 cm³/mol. The molecule has 3 aliphatic rings. The molecule has 1 aromatic carbocycles. The van der Waals surface area contributed by atoms with Crippen LogP contribution in [0.3, 0.4) is 0 Å². The number of carbonyl (C=O) groups excluding carboxylic acids is 1. The van der Waals surface area contributed by atoms with Crippen LogP contribution in [0.1, 0.15) is 50.0 Å². The molecule has 1 aromatic rings. The van der Waals surface area contributed by atoms with Crippen LogP contribution in [0, 0.1) is 11.8 Å². The highest BCUT2D eigenvalue weighted by molar-refractivity contribution is 5.76. The van der Waals surface area contributed by atoms with Gasteiger partial charge in [-0.25, -0.2) is 0 Å². The van der Waals surface area contributed by atoms with Crippen LogP contribution in [-0.2, 0) is 4.79 Å². The number of amides is 1. The zero-order chi connectivity index (χ0) is 19.3. The van der Waals surface area contributed by atoms with Crippen molar-refractivity contribution in [2.45, 2.75) is 44.4 Å². The van der Waals surface area contributed by atoms with E-state index in [1.165, 1.54) is 38.8 Å². The lowest BCUT2D eigenvalue weighted by molar-refractivity contribution is -0.132. The van der Waals surface area contributed by atoms with E-state index < -0.39 is 0 Å². The molecule has 1 saturated carbocycles. The van der Waals surface area contributed by atoms with E-state index in [0.29, 0.717) is 5.91 Å². The van der Waals surface area contributed by atoms with E-state index in [2.05, 4.69) is 52.1 Å². The molecular weight excluding hydrogens is 346 g/mol. The molecule has 0 spiro atoms. The summed E-state index contributed by atoms with van der Waals surface area (Å²) in [6, 6.07) is 11.1. The Morgan fingerprint density at radius 3 is 2.43 bits per heavy atom. The molecule has 0 bridgehead atoms. The van der Waals surface area contributed by atoms with Gasteiger partial charge in [0.15, 0.2) is 0 Å². The van der Waals surface area contributed by atoms with E-state index in [1.54, 1.807) is 5.56 Å². The summed E-state index contributed by atoms with van der Waals surface area (Å²) in [7, 11) is 2.14. The third kappa shape index (κ3) is 5.36. The van der Waals surface area contributed by atoms with Crippen molar-refractivity contribution in [2.75, 3.05) is 52.9 Å². The summed E-state index contributed by atoms with van der Waals surface area (Å²) < 4.78 is 0. The molecule has 0 unspecified atom stereocenters. The zero-order valence-electron chi connectivity index (χ0n) is 17.6. The van der Waals surface area contributed by atoms with Crippen LogP contribution in [0.4, 0.5) is 0 Å². The Bertz CT molecular complexity index is 618. The average molecular weight is 384 g/mol. The lowest BCUT2D eigenvalue weighted by Gasteiger charge is -2.33. The Kier molecular flexibility index (Phi) is 6.69. The highest BCUT2D eigenvalue weighted by atomic mass is 16.2. The molecule has 0 aromatic heterocycles. The molecule has 3 fully saturated rings. The van der Waals surface area contributed by atoms with Crippen LogP contribution in [0.5, 0.6) is 0 Å². The van der Waals surface area contributed by atoms with Crippen molar-refractivity contribution < 1.29 is 4.79 Å². The topological polar surface area (TPSA) is 26.8 Å². The van der Waals surface area contributed by atoms with Gasteiger partial charge in [-0.1, -0.05) is 30.3 Å². The first-order valence-electron chi connectivity index (χ1n) is 11.4. The Hall–Kier alpha value is -1.39. The number of hydrogen-bond acceptors (Lipinski definition) is 3. The minimum absolute atomic E-state index is 0.365. The van der Waals surface area contributed by atoms with Crippen LogP contribution in [0.15, 0.2) is 30.3 Å². The molecule has 28 heavy (non-hydrogen) atoms. The monoisotopic (exact) mass is 383 g/mol. The first-order chi connectivity index (χ1) is 13.7. The van der Waals surface area contributed by atoms with Gasteiger partial charge in [-0.3, -0.25) is 4.79 Å². The minimum atomic E-state index is 0.365. The second-order valence-corrected chi connectivity index (χ2v) is 9.32. The predicted octanol–water partition coefficient (Wildman–Crippen LogP) is 3.45. The lowest BCUT2D eigenvalue weighted by atomic mass is 9.90. The number of carbonyl (C=O) groups is 1. The van der Waals surface area contributed by atoms with Gasteiger partial charge in [-0.15, -0.1) is 0 Å². The van der Waals surface area contributed by atoms with E-state index in [-0.39, 0.29) is 0 Å². The number of nitrogens with zero attached hydrogens (tertiary/aromatic N) is 3. The van der Waals surface area contributed by atoms with Gasteiger partial charge in [0.25, 0.3) is 0 Å². The smallest absolute Gasteiger partial charge is 0.222 e. The number of rotatable bonds is 7. The maximum absolute atomic E-state index is 12.4. The van der Waals surface area contributed by atoms with Gasteiger partial charge < -0.3 is 14.7 Å². The highest BCUT2D eigenvalue weighted by Gasteiger charge is 2.39. The minimum Gasteiger partial charge on any atom is -0.340 e. The van der Waals surface area contributed by atoms with Gasteiger partial charge >= 0.3 is 0 Å². The fraction of sp³-hybridized carbons (Fsp3) is 0.708. The van der Waals surface area contributed by atoms with Gasteiger partial charge in [0.1, 0.15) is 0 Å². The van der Waals surface area contributed by atoms with Crippen LogP contribution >= 0.6 is 0 Å². The number of likely N-dealkylation sites (tertiary alicyclic amines) is 1. The molecule has 4 rings (SSSR count). The average Bonchev–Trinajstić information content (AvgIpc) is 3.49. The quantitative estimate of drug-likeness (QED) is 0.722. The third-order valence-corrected chi connectivity index (χ3v) is 7.21. The molecule has 2 saturated heterocycles. The normalized spacial score (nSPS) is 27.1. The molecule has 1 amide bonds. The summed E-state index contributed by atoms with van der Waals surface area (Å²) >= 11 is 0. The van der Waals surface area contributed by atoms with Crippen molar-refractivity contribution in [1.29, 1.82) is 0 Å². The molecule has 0 N–H and O–H groups in total. The summed E-state index contributed by atoms with van der Waals surface area (Å²) in [5.41, 5.74) is 1.55. The molecule has 4 nitrogen and oxygen atoms in total. The standard InChI is InChI=1S/C24H37N3O/c1-25-14-16-27(17-15-25)24(28)8-5-11-26-12-9-20(10-13-26)18-22-19-23(22)21-6-3-2-4-7-21/h2-4,6-7,20,22-23H,5,8-19H2,1H3/t22-,23+/m1/s1. The van der Waals surface area contributed by atoms with Gasteiger partial charge in [-0.2, -0.15) is 0 Å². The summed E-state index contributed by atoms with van der Waals surface area (Å²) in [6.07, 6.45) is 7.28. The SMILES string of the molecule is CN1CCN(C(=O)CCCN2CCC(C[C@@H]3C[C@H]3c3ccccc3)CC2)CC1. The maximum atomic E-state index is 12.4. The van der Waals surface area contributed by atoms with Crippen molar-refractivity contribution in [2.24, 2.45) is 11.8 Å². The Balaban J connectivity index is 1.09. The van der Waals surface area contributed by atoms with Gasteiger partial charge in [0, 0.05) is 32.6 Å². The van der Waals surface area contributed by atoms with Gasteiger partial charge in [0.05, 0.1) is 0 Å². The molecule has 4 heteroatoms. The van der Waals surface area contributed by atoms with Crippen LogP contribution in [0.2, 0.25) is 0 Å². The summed E-state index contributed by atoms with van der Waals surface area (Å²) in [5.74, 6) is 3.05. The fourth-order valence-corrected chi connectivity index (χ4v) is 5.16. The van der Waals surface area contributed by atoms with Crippen molar-refractivity contribution in [1.82, 2.24) is 14.7 Å². The van der Waals surface area contributed by atoms with E-state index >= 15 is 0 Å². The van der Waals surface area contributed by atoms with Crippen molar-refractivity contribution in [3.63, 3.8) is 0 Å². The van der Waals surface area contributed by atoms with Crippen molar-refractivity contribution >= 4 is 5.91 Å². The second kappa shape index (κ2) is 9.41. The van der Waals surface area contributed by atoms with E-state index in [0.717, 1.165) is 63.3 Å². The van der Waals surface area contributed by atoms with Crippen LogP contribution in [-0.4, -0.2) is 73.5 Å². The van der Waals surface area contributed by atoms with Crippen LogP contribution < -0.4 is 0 Å². The Morgan fingerprint density at radius 1 is 1.00 bits per heavy atom. The number of piperidine rings is 1. The van der Waals surface area contributed by atoms with Crippen LogP contribution in [0.25, 0.3) is 0 Å². The maximum Gasteiger partial charge on any atom is 0.222 e. The molecule has 2 heterocycles. The van der Waals surface area contributed by atoms with Gasteiger partial charge in [0.2, 0.25) is 5.91 Å². The van der Waals surface area contributed by atoms with E-state index in [4.69, 9.17) is 0 Å². The summed E-state index contributed by atoms with van der Waals surface area (Å²) in [5, 5.41) is 0. The van der Waals surface area contributed by atoms with Crippen molar-refractivity contribution in [3.8, 4) is 0 Å². The molecule has 2 aliphatic heterocycles. The molecular formula is C24H37N3O. The number of hydrogen-bond donors (Lipinski definition) is 0. The highest BCUT2D eigenvalue weighted by Crippen LogP contribution is 2.51. The Labute approximate surface area is 170 Å². The number of piperazine rings is 1. The largest absolute Gasteiger partial charge is 0.340 e. The molecule has 1 aliphatic carbocycles. The lowest BCUT2D eigenvalue weighted by Crippen LogP contribution is -2.47. The molecule has 0 radical (unpaired) electrons. The van der Waals surface area contributed by atoms with E-state index in [9.17, 15) is 4.79 Å². The number of likely N-dealkylation sites (N-methyl/N-ethyl adjacent to an activating group) is 1. The molecule has 2 atom stereocenters. The zero-order valence-corrected chi connectivity index (χ0v) is 17.6. The third-order valence-electron chi connectivity index (χ3n) is 7.21. The summed E-state index contributed by atoms with van der Waals surface area (Å²) in [4.78, 5) is 19.3. The Morgan fingerprint density at radius 2 is 1.71 bits per heavy atom. The molecule has 154 valence electrons. The van der Waals surface area contributed by atoms with E-state index in [1.807, 2.05) is 0 Å². The van der Waals surface area contributed by atoms with Crippen molar-refractivity contribution in [3.05, 3.63) is 35.9 Å². The second-order valence-electron chi connectivity index (χ2n) is 9.32. The fourth-order valence-electron chi connectivity index (χ4n) is 5.16. The summed E-state index contributed by atoms with van der Waals surface area (Å²) in [6.45, 7) is 7.42. The first kappa shape index (κ1) is 19.9.